The Morgan fingerprint density at radius 1 is 1.33 bits per heavy atom. The van der Waals surface area contributed by atoms with Gasteiger partial charge in [0.2, 0.25) is 0 Å². The van der Waals surface area contributed by atoms with Crippen LogP contribution >= 0.6 is 23.2 Å². The predicted molar refractivity (Wildman–Crippen MR) is 68.7 cm³/mol. The Hall–Kier alpha value is -1.54. The summed E-state index contributed by atoms with van der Waals surface area (Å²) in [4.78, 5) is 21.6. The van der Waals surface area contributed by atoms with E-state index in [-0.39, 0.29) is 10.0 Å². The van der Waals surface area contributed by atoms with Crippen LogP contribution < -0.4 is 0 Å². The zero-order valence-electron chi connectivity index (χ0n) is 10.2. The third kappa shape index (κ3) is 5.39. The fourth-order valence-corrected chi connectivity index (χ4v) is 1.98. The molecule has 0 atom stereocenters. The minimum Gasteiger partial charge on any atom is -0.462 e. The number of hydrogen-bond acceptors (Lipinski definition) is 4. The van der Waals surface area contributed by atoms with Crippen molar-refractivity contribution in [3.8, 4) is 0 Å². The van der Waals surface area contributed by atoms with Crippen LogP contribution in [0, 0.1) is 10.1 Å². The molecular formula is C11H8Cl2F3NO4. The Morgan fingerprint density at radius 3 is 2.48 bits per heavy atom. The molecular weight excluding hydrogens is 338 g/mol. The van der Waals surface area contributed by atoms with Crippen LogP contribution in [0.2, 0.25) is 10.0 Å². The molecule has 1 aromatic carbocycles. The molecule has 0 bridgehead atoms. The molecule has 0 amide bonds. The molecule has 0 saturated carbocycles. The van der Waals surface area contributed by atoms with Crippen LogP contribution in [0.5, 0.6) is 0 Å². The summed E-state index contributed by atoms with van der Waals surface area (Å²) in [6, 6.07) is 2.04. The van der Waals surface area contributed by atoms with Crippen LogP contribution in [0.25, 0.3) is 0 Å². The minimum absolute atomic E-state index is 0.0344. The summed E-state index contributed by atoms with van der Waals surface area (Å²) >= 11 is 11.2. The summed E-state index contributed by atoms with van der Waals surface area (Å²) in [7, 11) is 0. The first-order chi connectivity index (χ1) is 9.61. The van der Waals surface area contributed by atoms with Crippen molar-refractivity contribution in [2.75, 3.05) is 6.61 Å². The van der Waals surface area contributed by atoms with Crippen LogP contribution in [0.1, 0.15) is 23.2 Å². The molecule has 116 valence electrons. The topological polar surface area (TPSA) is 69.4 Å². The lowest BCUT2D eigenvalue weighted by Gasteiger charge is -2.08. The largest absolute Gasteiger partial charge is 0.462 e. The monoisotopic (exact) mass is 345 g/mol. The van der Waals surface area contributed by atoms with E-state index in [9.17, 15) is 28.1 Å². The van der Waals surface area contributed by atoms with Crippen molar-refractivity contribution in [1.29, 1.82) is 0 Å². The number of carbonyl (C=O) groups excluding carboxylic acids is 1. The quantitative estimate of drug-likeness (QED) is 0.343. The SMILES string of the molecule is O=C(OCCCC(F)(F)F)c1cc(Cl)cc(Cl)c1[N+](=O)[O-]. The number of ether oxygens (including phenoxy) is 1. The molecule has 0 heterocycles. The zero-order valence-corrected chi connectivity index (χ0v) is 11.8. The molecule has 0 aromatic heterocycles. The van der Waals surface area contributed by atoms with Gasteiger partial charge in [-0.1, -0.05) is 23.2 Å². The van der Waals surface area contributed by atoms with E-state index in [2.05, 4.69) is 4.74 Å². The second kappa shape index (κ2) is 6.95. The first-order valence-electron chi connectivity index (χ1n) is 5.49. The summed E-state index contributed by atoms with van der Waals surface area (Å²) in [6.45, 7) is -0.528. The average Bonchev–Trinajstić information content (AvgIpc) is 2.31. The molecule has 0 aliphatic carbocycles. The smallest absolute Gasteiger partial charge is 0.389 e. The number of carbonyl (C=O) groups is 1. The van der Waals surface area contributed by atoms with Gasteiger partial charge in [-0.05, 0) is 18.6 Å². The molecule has 1 rings (SSSR count). The number of esters is 1. The lowest BCUT2D eigenvalue weighted by atomic mass is 10.2. The standard InChI is InChI=1S/C11H8Cl2F3NO4/c12-6-4-7(9(17(19)20)8(13)5-6)10(18)21-3-1-2-11(14,15)16/h4-5H,1-3H2. The van der Waals surface area contributed by atoms with Crippen LogP contribution in [0.4, 0.5) is 18.9 Å². The summed E-state index contributed by atoms with van der Waals surface area (Å²) in [5.74, 6) is -1.16. The Labute approximate surface area is 126 Å². The highest BCUT2D eigenvalue weighted by molar-refractivity contribution is 6.36. The lowest BCUT2D eigenvalue weighted by molar-refractivity contribution is -0.385. The van der Waals surface area contributed by atoms with Crippen LogP contribution in [-0.2, 0) is 4.74 Å². The second-order valence-electron chi connectivity index (χ2n) is 3.90. The van der Waals surface area contributed by atoms with Crippen molar-refractivity contribution in [2.24, 2.45) is 0 Å². The van der Waals surface area contributed by atoms with Crippen LogP contribution in [0.15, 0.2) is 12.1 Å². The molecule has 0 saturated heterocycles. The number of nitro groups is 1. The molecule has 0 N–H and O–H groups in total. The molecule has 5 nitrogen and oxygen atoms in total. The molecule has 0 aliphatic heterocycles. The maximum atomic E-state index is 11.9. The number of nitrogens with zero attached hydrogens (tertiary/aromatic N) is 1. The third-order valence-corrected chi connectivity index (χ3v) is 2.77. The molecule has 21 heavy (non-hydrogen) atoms. The van der Waals surface area contributed by atoms with E-state index in [0.29, 0.717) is 0 Å². The van der Waals surface area contributed by atoms with E-state index in [0.717, 1.165) is 12.1 Å². The van der Waals surface area contributed by atoms with Crippen molar-refractivity contribution in [3.63, 3.8) is 0 Å². The fourth-order valence-electron chi connectivity index (χ4n) is 1.42. The van der Waals surface area contributed by atoms with Crippen molar-refractivity contribution in [3.05, 3.63) is 37.9 Å². The van der Waals surface area contributed by atoms with Gasteiger partial charge in [0.25, 0.3) is 0 Å². The van der Waals surface area contributed by atoms with E-state index in [1.807, 2.05) is 0 Å². The first kappa shape index (κ1) is 17.5. The molecule has 0 fully saturated rings. The number of nitro benzene ring substituents is 1. The van der Waals surface area contributed by atoms with Crippen LogP contribution in [0.3, 0.4) is 0 Å². The van der Waals surface area contributed by atoms with Gasteiger partial charge in [-0.25, -0.2) is 4.79 Å². The summed E-state index contributed by atoms with van der Waals surface area (Å²) in [6.07, 6.45) is -5.94. The maximum Gasteiger partial charge on any atom is 0.389 e. The Morgan fingerprint density at radius 2 is 1.95 bits per heavy atom. The summed E-state index contributed by atoms with van der Waals surface area (Å²) in [5, 5.41) is 10.4. The lowest BCUT2D eigenvalue weighted by Crippen LogP contribution is -2.13. The predicted octanol–water partition coefficient (Wildman–Crippen LogP) is 4.40. The van der Waals surface area contributed by atoms with Crippen molar-refractivity contribution < 1.29 is 27.6 Å². The van der Waals surface area contributed by atoms with Crippen molar-refractivity contribution in [2.45, 2.75) is 19.0 Å². The minimum atomic E-state index is -4.36. The summed E-state index contributed by atoms with van der Waals surface area (Å²) in [5.41, 5.74) is -1.22. The summed E-state index contributed by atoms with van der Waals surface area (Å²) < 4.78 is 40.3. The van der Waals surface area contributed by atoms with Gasteiger partial charge in [0.05, 0.1) is 11.5 Å². The van der Waals surface area contributed by atoms with Gasteiger partial charge in [0.1, 0.15) is 10.6 Å². The number of alkyl halides is 3. The highest BCUT2D eigenvalue weighted by atomic mass is 35.5. The maximum absolute atomic E-state index is 11.9. The van der Waals surface area contributed by atoms with E-state index in [4.69, 9.17) is 23.2 Å². The van der Waals surface area contributed by atoms with E-state index in [1.165, 1.54) is 0 Å². The number of halogens is 5. The van der Waals surface area contributed by atoms with E-state index in [1.54, 1.807) is 0 Å². The van der Waals surface area contributed by atoms with Crippen LogP contribution in [-0.4, -0.2) is 23.7 Å². The normalized spacial score (nSPS) is 11.3. The highest BCUT2D eigenvalue weighted by Crippen LogP contribution is 2.32. The Bertz CT molecular complexity index is 563. The van der Waals surface area contributed by atoms with Gasteiger partial charge in [-0.15, -0.1) is 0 Å². The van der Waals surface area contributed by atoms with Crippen molar-refractivity contribution >= 4 is 34.9 Å². The average molecular weight is 346 g/mol. The van der Waals surface area contributed by atoms with Gasteiger partial charge in [-0.2, -0.15) is 13.2 Å². The van der Waals surface area contributed by atoms with Crippen molar-refractivity contribution in [1.82, 2.24) is 0 Å². The molecule has 0 spiro atoms. The first-order valence-corrected chi connectivity index (χ1v) is 6.24. The van der Waals surface area contributed by atoms with Gasteiger partial charge in [0, 0.05) is 11.4 Å². The third-order valence-electron chi connectivity index (χ3n) is 2.27. The molecule has 1 aromatic rings. The van der Waals surface area contributed by atoms with Gasteiger partial charge >= 0.3 is 17.8 Å². The number of rotatable bonds is 5. The van der Waals surface area contributed by atoms with E-state index >= 15 is 0 Å². The number of benzene rings is 1. The van der Waals surface area contributed by atoms with Gasteiger partial charge in [0.15, 0.2) is 0 Å². The fraction of sp³-hybridized carbons (Fsp3) is 0.364. The molecule has 0 radical (unpaired) electrons. The molecule has 0 unspecified atom stereocenters. The molecule has 0 aliphatic rings. The molecule has 10 heteroatoms. The Kier molecular flexibility index (Phi) is 5.79. The van der Waals surface area contributed by atoms with Gasteiger partial charge in [-0.3, -0.25) is 10.1 Å². The number of hydrogen-bond donors (Lipinski definition) is 0. The highest BCUT2D eigenvalue weighted by Gasteiger charge is 2.28. The van der Waals surface area contributed by atoms with E-state index < -0.39 is 47.8 Å². The zero-order chi connectivity index (χ0) is 16.2. The van der Waals surface area contributed by atoms with Gasteiger partial charge < -0.3 is 4.74 Å². The second-order valence-corrected chi connectivity index (χ2v) is 4.74. The Balaban J connectivity index is 2.81.